The monoisotopic (exact) mass is 405 g/mol. The second-order valence-electron chi connectivity index (χ2n) is 6.24. The van der Waals surface area contributed by atoms with Gasteiger partial charge in [-0.25, -0.2) is 9.07 Å². The lowest BCUT2D eigenvalue weighted by Gasteiger charge is -2.12. The van der Waals surface area contributed by atoms with Gasteiger partial charge in [0.1, 0.15) is 11.5 Å². The zero-order valence-corrected chi connectivity index (χ0v) is 15.1. The van der Waals surface area contributed by atoms with Gasteiger partial charge in [0.2, 0.25) is 5.43 Å². The first kappa shape index (κ1) is 20.2. The summed E-state index contributed by atoms with van der Waals surface area (Å²) in [6, 6.07) is 11.2. The lowest BCUT2D eigenvalue weighted by atomic mass is 10.1. The Morgan fingerprint density at radius 3 is 2.38 bits per heavy atom. The molecule has 1 amide bonds. The van der Waals surface area contributed by atoms with Gasteiger partial charge in [-0.05, 0) is 36.8 Å². The van der Waals surface area contributed by atoms with Crippen LogP contribution >= 0.6 is 0 Å². The molecule has 0 bridgehead atoms. The van der Waals surface area contributed by atoms with Gasteiger partial charge in [-0.3, -0.25) is 9.59 Å². The smallest absolute Gasteiger partial charge is 0.346 e. The highest BCUT2D eigenvalue weighted by Crippen LogP contribution is 2.29. The summed E-state index contributed by atoms with van der Waals surface area (Å²) in [4.78, 5) is 24.5. The van der Waals surface area contributed by atoms with Crippen LogP contribution in [0.4, 0.5) is 17.6 Å². The average molecular weight is 405 g/mol. The molecule has 0 aliphatic rings. The second-order valence-corrected chi connectivity index (χ2v) is 6.24. The molecule has 0 spiro atoms. The molecule has 0 saturated carbocycles. The molecule has 3 aromatic rings. The van der Waals surface area contributed by atoms with Crippen molar-refractivity contribution in [3.8, 4) is 5.69 Å². The fourth-order valence-corrected chi connectivity index (χ4v) is 2.65. The van der Waals surface area contributed by atoms with Gasteiger partial charge in [0.05, 0.1) is 5.56 Å². The third-order valence-electron chi connectivity index (χ3n) is 4.14. The van der Waals surface area contributed by atoms with Crippen molar-refractivity contribution in [2.24, 2.45) is 0 Å². The summed E-state index contributed by atoms with van der Waals surface area (Å²) < 4.78 is 53.0. The van der Waals surface area contributed by atoms with Gasteiger partial charge in [0.25, 0.3) is 5.91 Å². The van der Waals surface area contributed by atoms with Crippen molar-refractivity contribution in [3.05, 3.63) is 93.2 Å². The third-order valence-corrected chi connectivity index (χ3v) is 4.14. The minimum Gasteiger partial charge on any atom is -0.346 e. The number of nitrogens with zero attached hydrogens (tertiary/aromatic N) is 2. The van der Waals surface area contributed by atoms with Gasteiger partial charge in [0, 0.05) is 18.3 Å². The third kappa shape index (κ3) is 4.50. The maximum atomic E-state index is 14.1. The topological polar surface area (TPSA) is 64.0 Å². The van der Waals surface area contributed by atoms with Gasteiger partial charge >= 0.3 is 6.18 Å². The van der Waals surface area contributed by atoms with E-state index in [4.69, 9.17) is 0 Å². The number of alkyl halides is 3. The van der Waals surface area contributed by atoms with Crippen molar-refractivity contribution in [1.82, 2.24) is 15.1 Å². The normalized spacial score (nSPS) is 11.3. The first-order valence-electron chi connectivity index (χ1n) is 8.47. The van der Waals surface area contributed by atoms with Crippen molar-refractivity contribution in [3.63, 3.8) is 0 Å². The highest BCUT2D eigenvalue weighted by molar-refractivity contribution is 5.92. The summed E-state index contributed by atoms with van der Waals surface area (Å²) in [6.45, 7) is 1.44. The van der Waals surface area contributed by atoms with E-state index in [0.717, 1.165) is 22.9 Å². The van der Waals surface area contributed by atoms with E-state index < -0.39 is 34.6 Å². The molecule has 1 heterocycles. The van der Waals surface area contributed by atoms with E-state index in [-0.39, 0.29) is 12.2 Å². The van der Waals surface area contributed by atoms with Crippen molar-refractivity contribution < 1.29 is 22.4 Å². The minimum atomic E-state index is -4.45. The Morgan fingerprint density at radius 2 is 1.76 bits per heavy atom. The molecule has 0 aliphatic heterocycles. The molecule has 150 valence electrons. The predicted molar refractivity (Wildman–Crippen MR) is 97.1 cm³/mol. The SMILES string of the molecule is Cc1cc(=O)c(C(=O)NCc2ccc(C(F)(F)F)cc2)nn1-c1ccccc1F. The fraction of sp³-hybridized carbons (Fsp3) is 0.150. The lowest BCUT2D eigenvalue weighted by Crippen LogP contribution is -2.31. The van der Waals surface area contributed by atoms with Crippen LogP contribution in [0.3, 0.4) is 0 Å². The number of para-hydroxylation sites is 1. The summed E-state index contributed by atoms with van der Waals surface area (Å²) >= 11 is 0. The number of aryl methyl sites for hydroxylation is 1. The maximum absolute atomic E-state index is 14.1. The lowest BCUT2D eigenvalue weighted by molar-refractivity contribution is -0.137. The van der Waals surface area contributed by atoms with Crippen LogP contribution in [0.25, 0.3) is 5.69 Å². The number of carbonyl (C=O) groups excluding carboxylic acids is 1. The van der Waals surface area contributed by atoms with Gasteiger partial charge in [0.15, 0.2) is 5.69 Å². The molecule has 5 nitrogen and oxygen atoms in total. The molecular weight excluding hydrogens is 390 g/mol. The van der Waals surface area contributed by atoms with Crippen LogP contribution in [-0.4, -0.2) is 15.7 Å². The molecule has 9 heteroatoms. The molecule has 1 aromatic heterocycles. The Morgan fingerprint density at radius 1 is 1.10 bits per heavy atom. The molecule has 0 radical (unpaired) electrons. The number of nitrogens with one attached hydrogen (secondary N) is 1. The number of halogens is 4. The van der Waals surface area contributed by atoms with Crippen molar-refractivity contribution >= 4 is 5.91 Å². The Labute approximate surface area is 162 Å². The van der Waals surface area contributed by atoms with Crippen molar-refractivity contribution in [1.29, 1.82) is 0 Å². The first-order valence-corrected chi connectivity index (χ1v) is 8.47. The van der Waals surface area contributed by atoms with Crippen LogP contribution in [0.5, 0.6) is 0 Å². The molecule has 2 aromatic carbocycles. The fourth-order valence-electron chi connectivity index (χ4n) is 2.65. The number of hydrogen-bond acceptors (Lipinski definition) is 3. The number of aromatic nitrogens is 2. The first-order chi connectivity index (χ1) is 13.7. The molecule has 29 heavy (non-hydrogen) atoms. The average Bonchev–Trinajstić information content (AvgIpc) is 2.67. The van der Waals surface area contributed by atoms with Crippen LogP contribution in [0, 0.1) is 12.7 Å². The largest absolute Gasteiger partial charge is 0.416 e. The Hall–Kier alpha value is -3.49. The zero-order valence-electron chi connectivity index (χ0n) is 15.1. The van der Waals surface area contributed by atoms with Gasteiger partial charge < -0.3 is 5.32 Å². The van der Waals surface area contributed by atoms with Crippen LogP contribution in [0.1, 0.15) is 27.3 Å². The summed E-state index contributed by atoms with van der Waals surface area (Å²) in [5.74, 6) is -1.40. The molecule has 0 fully saturated rings. The quantitative estimate of drug-likeness (QED) is 0.675. The van der Waals surface area contributed by atoms with E-state index in [2.05, 4.69) is 10.4 Å². The molecule has 0 unspecified atom stereocenters. The molecule has 3 rings (SSSR count). The number of amides is 1. The van der Waals surface area contributed by atoms with E-state index in [9.17, 15) is 27.2 Å². The van der Waals surface area contributed by atoms with E-state index in [1.165, 1.54) is 30.3 Å². The highest BCUT2D eigenvalue weighted by atomic mass is 19.4. The van der Waals surface area contributed by atoms with Gasteiger partial charge in [-0.1, -0.05) is 24.3 Å². The number of hydrogen-bond donors (Lipinski definition) is 1. The van der Waals surface area contributed by atoms with Crippen molar-refractivity contribution in [2.45, 2.75) is 19.6 Å². The van der Waals surface area contributed by atoms with E-state index >= 15 is 0 Å². The Kier molecular flexibility index (Phi) is 5.49. The van der Waals surface area contributed by atoms with E-state index in [1.807, 2.05) is 0 Å². The number of carbonyl (C=O) groups is 1. The summed E-state index contributed by atoms with van der Waals surface area (Å²) in [7, 11) is 0. The van der Waals surface area contributed by atoms with Crippen LogP contribution in [0.15, 0.2) is 59.4 Å². The second kappa shape index (κ2) is 7.86. The Balaban J connectivity index is 1.82. The van der Waals surface area contributed by atoms with Crippen LogP contribution in [-0.2, 0) is 12.7 Å². The molecular formula is C20H15F4N3O2. The van der Waals surface area contributed by atoms with E-state index in [1.54, 1.807) is 13.0 Å². The molecule has 0 saturated heterocycles. The zero-order chi connectivity index (χ0) is 21.2. The van der Waals surface area contributed by atoms with E-state index in [0.29, 0.717) is 11.3 Å². The van der Waals surface area contributed by atoms with Crippen molar-refractivity contribution in [2.75, 3.05) is 0 Å². The molecule has 0 atom stereocenters. The van der Waals surface area contributed by atoms with Gasteiger partial charge in [-0.2, -0.15) is 18.3 Å². The predicted octanol–water partition coefficient (Wildman–Crippen LogP) is 3.63. The molecule has 0 aliphatic carbocycles. The summed E-state index contributed by atoms with van der Waals surface area (Å²) in [5, 5.41) is 6.40. The maximum Gasteiger partial charge on any atom is 0.416 e. The highest BCUT2D eigenvalue weighted by Gasteiger charge is 2.29. The van der Waals surface area contributed by atoms with Gasteiger partial charge in [-0.15, -0.1) is 0 Å². The number of rotatable bonds is 4. The summed E-state index contributed by atoms with van der Waals surface area (Å²) in [6.07, 6.45) is -4.45. The molecule has 1 N–H and O–H groups in total. The summed E-state index contributed by atoms with van der Waals surface area (Å²) in [5.41, 5.74) is -1.10. The number of benzene rings is 2. The Bertz CT molecular complexity index is 1110. The minimum absolute atomic E-state index is 0.0711. The van der Waals surface area contributed by atoms with Crippen LogP contribution < -0.4 is 10.7 Å². The van der Waals surface area contributed by atoms with Crippen LogP contribution in [0.2, 0.25) is 0 Å². The standard InChI is InChI=1S/C20H15F4N3O2/c1-12-10-17(28)18(26-27(12)16-5-3-2-4-15(16)21)19(29)25-11-13-6-8-14(9-7-13)20(22,23)24/h2-10H,11H2,1H3,(H,25,29).